The first-order valence-corrected chi connectivity index (χ1v) is 10.6. The molecule has 0 bridgehead atoms. The molecule has 0 aliphatic heterocycles. The van der Waals surface area contributed by atoms with Crippen molar-refractivity contribution < 1.29 is 17.9 Å². The summed E-state index contributed by atoms with van der Waals surface area (Å²) in [7, 11) is -3.47. The van der Waals surface area contributed by atoms with Crippen LogP contribution >= 0.6 is 0 Å². The molecule has 1 amide bonds. The minimum atomic E-state index is -3.47. The highest BCUT2D eigenvalue weighted by Crippen LogP contribution is 2.20. The van der Waals surface area contributed by atoms with Crippen LogP contribution in [0.5, 0.6) is 5.75 Å². The van der Waals surface area contributed by atoms with Crippen LogP contribution in [0.3, 0.4) is 0 Å². The minimum Gasteiger partial charge on any atom is -0.410 e. The third-order valence-corrected chi connectivity index (χ3v) is 6.08. The third kappa shape index (κ3) is 5.80. The van der Waals surface area contributed by atoms with Gasteiger partial charge >= 0.3 is 6.09 Å². The van der Waals surface area contributed by atoms with E-state index in [1.807, 2.05) is 6.07 Å². The van der Waals surface area contributed by atoms with Gasteiger partial charge in [-0.15, -0.1) is 0 Å². The van der Waals surface area contributed by atoms with Crippen molar-refractivity contribution in [3.63, 3.8) is 0 Å². The van der Waals surface area contributed by atoms with Crippen LogP contribution in [0.2, 0.25) is 0 Å². The van der Waals surface area contributed by atoms with Crippen LogP contribution in [0.15, 0.2) is 59.5 Å². The number of nitrogens with one attached hydrogen (secondary N) is 2. The van der Waals surface area contributed by atoms with E-state index in [0.29, 0.717) is 18.7 Å². The molecule has 1 aliphatic carbocycles. The van der Waals surface area contributed by atoms with E-state index in [9.17, 15) is 13.2 Å². The summed E-state index contributed by atoms with van der Waals surface area (Å²) in [5, 5.41) is 2.68. The Bertz CT molecular complexity index is 845. The van der Waals surface area contributed by atoms with E-state index in [4.69, 9.17) is 4.74 Å². The van der Waals surface area contributed by atoms with Crippen molar-refractivity contribution >= 4 is 16.1 Å². The summed E-state index contributed by atoms with van der Waals surface area (Å²) in [4.78, 5) is 12.0. The molecule has 2 aromatic rings. The third-order valence-electron chi connectivity index (χ3n) is 4.55. The van der Waals surface area contributed by atoms with Gasteiger partial charge in [-0.05, 0) is 49.1 Å². The van der Waals surface area contributed by atoms with Crippen LogP contribution < -0.4 is 14.8 Å². The van der Waals surface area contributed by atoms with E-state index in [1.165, 1.54) is 0 Å². The number of benzene rings is 2. The number of para-hydroxylation sites is 1. The molecule has 0 spiro atoms. The summed E-state index contributed by atoms with van der Waals surface area (Å²) in [6.07, 6.45) is 4.03. The second-order valence-electron chi connectivity index (χ2n) is 6.63. The second-order valence-corrected chi connectivity index (χ2v) is 8.34. The second kappa shape index (κ2) is 9.01. The number of carbonyl (C=O) groups is 1. The molecule has 2 aromatic carbocycles. The maximum atomic E-state index is 12.4. The molecule has 6 nitrogen and oxygen atoms in total. The first kappa shape index (κ1) is 19.4. The van der Waals surface area contributed by atoms with Crippen LogP contribution in [0.1, 0.15) is 31.2 Å². The van der Waals surface area contributed by atoms with Crippen LogP contribution in [-0.2, 0) is 16.4 Å². The first-order valence-electron chi connectivity index (χ1n) is 9.15. The van der Waals surface area contributed by atoms with E-state index in [1.54, 1.807) is 48.5 Å². The van der Waals surface area contributed by atoms with E-state index in [0.717, 1.165) is 31.2 Å². The standard InChI is InChI=1S/C20H24N2O4S/c23-20(26-18-8-2-1-3-9-18)21-15-14-16-10-12-19(13-11-16)27(24,25)22-17-6-4-5-7-17/h1-3,8-13,17,22H,4-7,14-15H2,(H,21,23). The zero-order valence-corrected chi connectivity index (χ0v) is 15.9. The highest BCUT2D eigenvalue weighted by Gasteiger charge is 2.22. The quantitative estimate of drug-likeness (QED) is 0.763. The monoisotopic (exact) mass is 388 g/mol. The summed E-state index contributed by atoms with van der Waals surface area (Å²) in [5.41, 5.74) is 0.940. The zero-order chi connectivity index (χ0) is 19.1. The van der Waals surface area contributed by atoms with Gasteiger partial charge < -0.3 is 10.1 Å². The molecule has 2 N–H and O–H groups in total. The molecule has 0 saturated heterocycles. The van der Waals surface area contributed by atoms with Crippen molar-refractivity contribution in [3.05, 3.63) is 60.2 Å². The van der Waals surface area contributed by atoms with Gasteiger partial charge in [0.15, 0.2) is 0 Å². The number of ether oxygens (including phenoxy) is 1. The fourth-order valence-corrected chi connectivity index (χ4v) is 4.41. The zero-order valence-electron chi connectivity index (χ0n) is 15.1. The van der Waals surface area contributed by atoms with Gasteiger partial charge in [-0.25, -0.2) is 17.9 Å². The molecule has 1 saturated carbocycles. The molecule has 0 unspecified atom stereocenters. The predicted octanol–water partition coefficient (Wildman–Crippen LogP) is 3.24. The average molecular weight is 388 g/mol. The molecule has 1 fully saturated rings. The van der Waals surface area contributed by atoms with Gasteiger partial charge in [0, 0.05) is 12.6 Å². The van der Waals surface area contributed by atoms with Gasteiger partial charge in [-0.1, -0.05) is 43.2 Å². The SMILES string of the molecule is O=C(NCCc1ccc(S(=O)(=O)NC2CCCC2)cc1)Oc1ccccc1. The van der Waals surface area contributed by atoms with Gasteiger partial charge in [-0.2, -0.15) is 0 Å². The fraction of sp³-hybridized carbons (Fsp3) is 0.350. The molecular weight excluding hydrogens is 364 g/mol. The minimum absolute atomic E-state index is 0.0505. The van der Waals surface area contributed by atoms with Gasteiger partial charge in [-0.3, -0.25) is 0 Å². The molecule has 0 radical (unpaired) electrons. The molecule has 3 rings (SSSR count). The maximum absolute atomic E-state index is 12.4. The summed E-state index contributed by atoms with van der Waals surface area (Å²) in [6, 6.07) is 15.6. The lowest BCUT2D eigenvalue weighted by Gasteiger charge is -2.13. The number of sulfonamides is 1. The lowest BCUT2D eigenvalue weighted by molar-refractivity contribution is 0.200. The van der Waals surface area contributed by atoms with Crippen molar-refractivity contribution in [2.75, 3.05) is 6.54 Å². The van der Waals surface area contributed by atoms with Crippen molar-refractivity contribution in [1.29, 1.82) is 0 Å². The molecule has 1 aliphatic rings. The smallest absolute Gasteiger partial charge is 0.410 e. The van der Waals surface area contributed by atoms with Crippen molar-refractivity contribution in [3.8, 4) is 5.75 Å². The Hall–Kier alpha value is -2.38. The molecule has 0 atom stereocenters. The predicted molar refractivity (Wildman–Crippen MR) is 103 cm³/mol. The lowest BCUT2D eigenvalue weighted by Crippen LogP contribution is -2.32. The van der Waals surface area contributed by atoms with Crippen molar-refractivity contribution in [2.45, 2.75) is 43.0 Å². The normalized spacial score (nSPS) is 14.8. The van der Waals surface area contributed by atoms with Crippen LogP contribution in [-0.4, -0.2) is 27.1 Å². The number of hydrogen-bond acceptors (Lipinski definition) is 4. The van der Waals surface area contributed by atoms with E-state index < -0.39 is 16.1 Å². The Balaban J connectivity index is 1.46. The summed E-state index contributed by atoms with van der Waals surface area (Å²) in [6.45, 7) is 0.401. The lowest BCUT2D eigenvalue weighted by atomic mass is 10.1. The van der Waals surface area contributed by atoms with E-state index in [2.05, 4.69) is 10.0 Å². The Kier molecular flexibility index (Phi) is 6.47. The highest BCUT2D eigenvalue weighted by molar-refractivity contribution is 7.89. The molecule has 0 heterocycles. The van der Waals surface area contributed by atoms with Gasteiger partial charge in [0.25, 0.3) is 0 Å². The summed E-state index contributed by atoms with van der Waals surface area (Å²) >= 11 is 0. The maximum Gasteiger partial charge on any atom is 0.412 e. The van der Waals surface area contributed by atoms with Gasteiger partial charge in [0.05, 0.1) is 4.90 Å². The van der Waals surface area contributed by atoms with Crippen molar-refractivity contribution in [2.24, 2.45) is 0 Å². The topological polar surface area (TPSA) is 84.5 Å². The Morgan fingerprint density at radius 1 is 1.00 bits per heavy atom. The van der Waals surface area contributed by atoms with Crippen molar-refractivity contribution in [1.82, 2.24) is 10.0 Å². The molecule has 0 aromatic heterocycles. The number of hydrogen-bond donors (Lipinski definition) is 2. The fourth-order valence-electron chi connectivity index (χ4n) is 3.11. The van der Waals surface area contributed by atoms with Gasteiger partial charge in [0.2, 0.25) is 10.0 Å². The van der Waals surface area contributed by atoms with Crippen LogP contribution in [0.4, 0.5) is 4.79 Å². The Morgan fingerprint density at radius 2 is 1.67 bits per heavy atom. The summed E-state index contributed by atoms with van der Waals surface area (Å²) < 4.78 is 32.7. The van der Waals surface area contributed by atoms with Crippen LogP contribution in [0, 0.1) is 0 Å². The van der Waals surface area contributed by atoms with E-state index >= 15 is 0 Å². The Labute approximate surface area is 160 Å². The average Bonchev–Trinajstić information content (AvgIpc) is 3.15. The number of amides is 1. The number of carbonyl (C=O) groups excluding carboxylic acids is 1. The highest BCUT2D eigenvalue weighted by atomic mass is 32.2. The molecule has 144 valence electrons. The largest absolute Gasteiger partial charge is 0.412 e. The number of rotatable bonds is 7. The van der Waals surface area contributed by atoms with E-state index in [-0.39, 0.29) is 10.9 Å². The molecule has 27 heavy (non-hydrogen) atoms. The first-order chi connectivity index (χ1) is 13.0. The molecular formula is C20H24N2O4S. The summed E-state index contributed by atoms with van der Waals surface area (Å²) in [5.74, 6) is 0.485. The van der Waals surface area contributed by atoms with Crippen LogP contribution in [0.25, 0.3) is 0 Å². The molecule has 7 heteroatoms. The Morgan fingerprint density at radius 3 is 2.33 bits per heavy atom. The van der Waals surface area contributed by atoms with Gasteiger partial charge in [0.1, 0.15) is 5.75 Å².